The molecule has 3 heteroatoms. The lowest BCUT2D eigenvalue weighted by Gasteiger charge is -2.41. The molecule has 1 nitrogen and oxygen atoms in total. The van der Waals surface area contributed by atoms with Crippen LogP contribution < -0.4 is 0 Å². The molecule has 0 heterocycles. The predicted molar refractivity (Wildman–Crippen MR) is 77.9 cm³/mol. The lowest BCUT2D eigenvalue weighted by atomic mass is 9.68. The van der Waals surface area contributed by atoms with Crippen molar-refractivity contribution < 1.29 is 13.9 Å². The van der Waals surface area contributed by atoms with Crippen LogP contribution >= 0.6 is 0 Å². The smallest absolute Gasteiger partial charge is 0.126 e. The summed E-state index contributed by atoms with van der Waals surface area (Å²) < 4.78 is 27.1. The molecular weight excluding hydrogens is 270 g/mol. The minimum Gasteiger partial charge on any atom is -0.385 e. The highest BCUT2D eigenvalue weighted by molar-refractivity contribution is 5.32. The summed E-state index contributed by atoms with van der Waals surface area (Å²) in [5, 5.41) is 11.2. The van der Waals surface area contributed by atoms with Crippen LogP contribution in [-0.2, 0) is 5.60 Å². The molecule has 2 unspecified atom stereocenters. The molecule has 3 rings (SSSR count). The minimum atomic E-state index is -1.21. The molecule has 0 spiro atoms. The maximum atomic E-state index is 13.5. The third-order valence-electron chi connectivity index (χ3n) is 4.44. The van der Waals surface area contributed by atoms with E-state index < -0.39 is 17.2 Å². The molecule has 21 heavy (non-hydrogen) atoms. The number of hydrogen-bond donors (Lipinski definition) is 1. The fourth-order valence-corrected chi connectivity index (χ4v) is 3.43. The summed E-state index contributed by atoms with van der Waals surface area (Å²) in [6.45, 7) is 0. The van der Waals surface area contributed by atoms with Crippen LogP contribution in [0.4, 0.5) is 8.78 Å². The lowest BCUT2D eigenvalue weighted by molar-refractivity contribution is -0.0229. The summed E-state index contributed by atoms with van der Waals surface area (Å²) in [4.78, 5) is 0. The zero-order chi connectivity index (χ0) is 14.9. The molecule has 1 fully saturated rings. The third kappa shape index (κ3) is 2.70. The Labute approximate surface area is 123 Å². The van der Waals surface area contributed by atoms with Gasteiger partial charge in [0.2, 0.25) is 0 Å². The van der Waals surface area contributed by atoms with Gasteiger partial charge in [-0.25, -0.2) is 8.78 Å². The van der Waals surface area contributed by atoms with Gasteiger partial charge in [0.15, 0.2) is 0 Å². The second-order valence-electron chi connectivity index (χ2n) is 5.79. The van der Waals surface area contributed by atoms with Crippen molar-refractivity contribution in [1.82, 2.24) is 0 Å². The quantitative estimate of drug-likeness (QED) is 0.862. The number of aliphatic hydroxyl groups is 1. The van der Waals surface area contributed by atoms with Crippen molar-refractivity contribution in [1.29, 1.82) is 0 Å². The Bertz CT molecular complexity index is 606. The second kappa shape index (κ2) is 5.57. The number of benzene rings is 2. The van der Waals surface area contributed by atoms with E-state index in [4.69, 9.17) is 0 Å². The first kappa shape index (κ1) is 14.2. The number of halogens is 2. The summed E-state index contributed by atoms with van der Waals surface area (Å²) in [6.07, 6.45) is 3.21. The van der Waals surface area contributed by atoms with Crippen molar-refractivity contribution in [2.45, 2.75) is 37.2 Å². The molecule has 0 bridgehead atoms. The van der Waals surface area contributed by atoms with E-state index in [1.54, 1.807) is 0 Å². The highest BCUT2D eigenvalue weighted by atomic mass is 19.1. The zero-order valence-corrected chi connectivity index (χ0v) is 11.7. The van der Waals surface area contributed by atoms with Crippen LogP contribution in [0.3, 0.4) is 0 Å². The van der Waals surface area contributed by atoms with Gasteiger partial charge in [-0.3, -0.25) is 0 Å². The van der Waals surface area contributed by atoms with E-state index in [1.165, 1.54) is 12.1 Å². The van der Waals surface area contributed by atoms with Crippen molar-refractivity contribution in [3.05, 3.63) is 71.3 Å². The average molecular weight is 288 g/mol. The zero-order valence-electron chi connectivity index (χ0n) is 11.7. The SMILES string of the molecule is OC1(c2cc(F)cc(F)c2)CCCCC1c1ccccc1. The van der Waals surface area contributed by atoms with Crippen molar-refractivity contribution in [3.63, 3.8) is 0 Å². The van der Waals surface area contributed by atoms with E-state index in [1.807, 2.05) is 30.3 Å². The van der Waals surface area contributed by atoms with Crippen LogP contribution in [0.1, 0.15) is 42.7 Å². The van der Waals surface area contributed by atoms with Crippen LogP contribution in [0.15, 0.2) is 48.5 Å². The van der Waals surface area contributed by atoms with Crippen molar-refractivity contribution in [2.75, 3.05) is 0 Å². The Kier molecular flexibility index (Phi) is 3.77. The molecule has 0 aromatic heterocycles. The fourth-order valence-electron chi connectivity index (χ4n) is 3.43. The maximum Gasteiger partial charge on any atom is 0.126 e. The largest absolute Gasteiger partial charge is 0.385 e. The Morgan fingerprint density at radius 2 is 1.62 bits per heavy atom. The maximum absolute atomic E-state index is 13.5. The van der Waals surface area contributed by atoms with Gasteiger partial charge in [0.1, 0.15) is 11.6 Å². The summed E-state index contributed by atoms with van der Waals surface area (Å²) in [5.41, 5.74) is 0.153. The number of rotatable bonds is 2. The Morgan fingerprint density at radius 1 is 0.952 bits per heavy atom. The van der Waals surface area contributed by atoms with Gasteiger partial charge in [-0.05, 0) is 36.1 Å². The van der Waals surface area contributed by atoms with Gasteiger partial charge < -0.3 is 5.11 Å². The molecule has 0 radical (unpaired) electrons. The van der Waals surface area contributed by atoms with Crippen LogP contribution in [0.2, 0.25) is 0 Å². The van der Waals surface area contributed by atoms with Crippen molar-refractivity contribution >= 4 is 0 Å². The van der Waals surface area contributed by atoms with Crippen molar-refractivity contribution in [2.24, 2.45) is 0 Å². The highest BCUT2D eigenvalue weighted by Gasteiger charge is 2.41. The van der Waals surface area contributed by atoms with Crippen LogP contribution in [0, 0.1) is 11.6 Å². The van der Waals surface area contributed by atoms with Gasteiger partial charge in [-0.1, -0.05) is 43.2 Å². The van der Waals surface area contributed by atoms with Gasteiger partial charge in [-0.15, -0.1) is 0 Å². The van der Waals surface area contributed by atoms with Gasteiger partial charge >= 0.3 is 0 Å². The molecule has 1 aliphatic rings. The molecule has 2 aromatic rings. The van der Waals surface area contributed by atoms with E-state index >= 15 is 0 Å². The first-order valence-electron chi connectivity index (χ1n) is 7.33. The average Bonchev–Trinajstić information content (AvgIpc) is 2.47. The summed E-state index contributed by atoms with van der Waals surface area (Å²) in [7, 11) is 0. The Balaban J connectivity index is 2.06. The Hall–Kier alpha value is -1.74. The van der Waals surface area contributed by atoms with E-state index in [0.717, 1.165) is 30.9 Å². The fraction of sp³-hybridized carbons (Fsp3) is 0.333. The van der Waals surface area contributed by atoms with Crippen LogP contribution in [0.5, 0.6) is 0 Å². The van der Waals surface area contributed by atoms with E-state index in [2.05, 4.69) is 0 Å². The lowest BCUT2D eigenvalue weighted by Crippen LogP contribution is -2.36. The molecule has 1 aliphatic carbocycles. The minimum absolute atomic E-state index is 0.131. The van der Waals surface area contributed by atoms with E-state index in [9.17, 15) is 13.9 Å². The molecule has 1 N–H and O–H groups in total. The second-order valence-corrected chi connectivity index (χ2v) is 5.79. The third-order valence-corrected chi connectivity index (χ3v) is 4.44. The standard InChI is InChI=1S/C18H18F2O/c19-15-10-14(11-16(20)12-15)18(21)9-5-4-8-17(18)13-6-2-1-3-7-13/h1-3,6-7,10-12,17,21H,4-5,8-9H2. The number of hydrogen-bond acceptors (Lipinski definition) is 1. The monoisotopic (exact) mass is 288 g/mol. The van der Waals surface area contributed by atoms with Crippen LogP contribution in [-0.4, -0.2) is 5.11 Å². The van der Waals surface area contributed by atoms with Gasteiger partial charge in [0.25, 0.3) is 0 Å². The van der Waals surface area contributed by atoms with Crippen molar-refractivity contribution in [3.8, 4) is 0 Å². The Morgan fingerprint density at radius 3 is 2.29 bits per heavy atom. The molecular formula is C18H18F2O. The first-order chi connectivity index (χ1) is 10.1. The van der Waals surface area contributed by atoms with Crippen LogP contribution in [0.25, 0.3) is 0 Å². The molecule has 1 saturated carbocycles. The van der Waals surface area contributed by atoms with Gasteiger partial charge in [-0.2, -0.15) is 0 Å². The summed E-state index contributed by atoms with van der Waals surface area (Å²) >= 11 is 0. The summed E-state index contributed by atoms with van der Waals surface area (Å²) in [6, 6.07) is 13.1. The molecule has 0 aliphatic heterocycles. The molecule has 0 amide bonds. The molecule has 2 aromatic carbocycles. The summed E-state index contributed by atoms with van der Waals surface area (Å²) in [5.74, 6) is -1.42. The van der Waals surface area contributed by atoms with Gasteiger partial charge in [0, 0.05) is 12.0 Å². The molecule has 2 atom stereocenters. The van der Waals surface area contributed by atoms with Gasteiger partial charge in [0.05, 0.1) is 5.60 Å². The van der Waals surface area contributed by atoms with E-state index in [0.29, 0.717) is 12.0 Å². The highest BCUT2D eigenvalue weighted by Crippen LogP contribution is 2.47. The topological polar surface area (TPSA) is 20.2 Å². The molecule has 110 valence electrons. The molecule has 0 saturated heterocycles. The van der Waals surface area contributed by atoms with E-state index in [-0.39, 0.29) is 5.92 Å². The first-order valence-corrected chi connectivity index (χ1v) is 7.33. The predicted octanol–water partition coefficient (Wildman–Crippen LogP) is 4.51. The normalized spacial score (nSPS) is 25.8.